The Bertz CT molecular complexity index is 796. The van der Waals surface area contributed by atoms with Crippen LogP contribution in [0.5, 0.6) is 11.5 Å². The van der Waals surface area contributed by atoms with Gasteiger partial charge in [-0.3, -0.25) is 14.6 Å². The summed E-state index contributed by atoms with van der Waals surface area (Å²) in [5.41, 5.74) is 2.29. The molecule has 8 nitrogen and oxygen atoms in total. The first-order chi connectivity index (χ1) is 13.6. The van der Waals surface area contributed by atoms with E-state index in [0.717, 1.165) is 67.9 Å². The number of nitrogens with one attached hydrogen (secondary N) is 1. The van der Waals surface area contributed by atoms with Crippen LogP contribution in [0.2, 0.25) is 0 Å². The minimum atomic E-state index is 0.724. The molecule has 2 aromatic rings. The molecule has 8 heteroatoms. The third-order valence-electron chi connectivity index (χ3n) is 4.97. The Balaban J connectivity index is 1.53. The summed E-state index contributed by atoms with van der Waals surface area (Å²) in [6, 6.07) is 5.95. The monoisotopic (exact) mass is 386 g/mol. The lowest BCUT2D eigenvalue weighted by Gasteiger charge is -2.36. The van der Waals surface area contributed by atoms with Gasteiger partial charge in [0.1, 0.15) is 11.5 Å². The minimum absolute atomic E-state index is 0.724. The van der Waals surface area contributed by atoms with Crippen LogP contribution in [-0.4, -0.2) is 73.0 Å². The largest absolute Gasteiger partial charge is 0.497 e. The Labute approximate surface area is 166 Å². The minimum Gasteiger partial charge on any atom is -0.497 e. The van der Waals surface area contributed by atoms with Gasteiger partial charge in [0.25, 0.3) is 0 Å². The van der Waals surface area contributed by atoms with Gasteiger partial charge in [0, 0.05) is 70.7 Å². The summed E-state index contributed by atoms with van der Waals surface area (Å²) in [7, 11) is 7.16. The molecule has 1 aromatic carbocycles. The van der Waals surface area contributed by atoms with Crippen LogP contribution < -0.4 is 14.8 Å². The highest BCUT2D eigenvalue weighted by atomic mass is 16.5. The van der Waals surface area contributed by atoms with Crippen LogP contribution in [0, 0.1) is 0 Å². The molecule has 0 bridgehead atoms. The maximum absolute atomic E-state index is 5.51. The molecule has 2 heterocycles. The first-order valence-electron chi connectivity index (χ1n) is 9.49. The second kappa shape index (κ2) is 9.45. The van der Waals surface area contributed by atoms with Gasteiger partial charge in [-0.15, -0.1) is 0 Å². The van der Waals surface area contributed by atoms with Crippen LogP contribution in [-0.2, 0) is 20.1 Å². The van der Waals surface area contributed by atoms with Gasteiger partial charge in [-0.1, -0.05) is 0 Å². The van der Waals surface area contributed by atoms with Gasteiger partial charge in [0.2, 0.25) is 0 Å². The summed E-state index contributed by atoms with van der Waals surface area (Å²) in [4.78, 5) is 9.18. The summed E-state index contributed by atoms with van der Waals surface area (Å²) >= 11 is 0. The topological polar surface area (TPSA) is 67.2 Å². The number of aryl methyl sites for hydroxylation is 1. The second-order valence-corrected chi connectivity index (χ2v) is 6.86. The van der Waals surface area contributed by atoms with E-state index >= 15 is 0 Å². The lowest BCUT2D eigenvalue weighted by Crippen LogP contribution is -2.52. The number of rotatable bonds is 6. The number of piperazine rings is 1. The van der Waals surface area contributed by atoms with Gasteiger partial charge in [-0.05, 0) is 18.2 Å². The fraction of sp³-hybridized carbons (Fsp3) is 0.500. The highest BCUT2D eigenvalue weighted by Gasteiger charge is 2.21. The zero-order chi connectivity index (χ0) is 19.9. The molecule has 3 rings (SSSR count). The van der Waals surface area contributed by atoms with Crippen molar-refractivity contribution >= 4 is 5.96 Å². The lowest BCUT2D eigenvalue weighted by atomic mass is 10.1. The maximum atomic E-state index is 5.51. The molecule has 0 spiro atoms. The molecule has 1 N–H and O–H groups in total. The van der Waals surface area contributed by atoms with Crippen LogP contribution in [0.25, 0.3) is 0 Å². The van der Waals surface area contributed by atoms with Crippen LogP contribution in [0.4, 0.5) is 0 Å². The average molecular weight is 387 g/mol. The fourth-order valence-electron chi connectivity index (χ4n) is 3.44. The van der Waals surface area contributed by atoms with Gasteiger partial charge < -0.3 is 19.7 Å². The molecule has 1 aromatic heterocycles. The van der Waals surface area contributed by atoms with Crippen LogP contribution >= 0.6 is 0 Å². The Morgan fingerprint density at radius 3 is 2.57 bits per heavy atom. The number of benzene rings is 1. The number of hydrogen-bond donors (Lipinski definition) is 1. The van der Waals surface area contributed by atoms with Gasteiger partial charge >= 0.3 is 0 Å². The van der Waals surface area contributed by atoms with E-state index < -0.39 is 0 Å². The van der Waals surface area contributed by atoms with E-state index in [1.54, 1.807) is 14.2 Å². The Hall–Kier alpha value is -2.74. The predicted octanol–water partition coefficient (Wildman–Crippen LogP) is 1.33. The highest BCUT2D eigenvalue weighted by molar-refractivity contribution is 5.80. The molecule has 0 amide bonds. The van der Waals surface area contributed by atoms with Crippen molar-refractivity contribution in [3.63, 3.8) is 0 Å². The highest BCUT2D eigenvalue weighted by Crippen LogP contribution is 2.25. The molecular weight excluding hydrogens is 356 g/mol. The third-order valence-corrected chi connectivity index (χ3v) is 4.97. The van der Waals surface area contributed by atoms with E-state index in [1.165, 1.54) is 0 Å². The number of aliphatic imine (C=N–C) groups is 1. The molecule has 0 saturated carbocycles. The summed E-state index contributed by atoms with van der Waals surface area (Å²) in [6.45, 7) is 5.36. The molecule has 1 saturated heterocycles. The van der Waals surface area contributed by atoms with Gasteiger partial charge in [0.05, 0.1) is 20.4 Å². The SMILES string of the molecule is CN=C(NCc1cnn(C)c1)N1CCN(Cc2cc(OC)ccc2OC)CC1. The van der Waals surface area contributed by atoms with Crippen molar-refractivity contribution in [3.05, 3.63) is 41.7 Å². The Kier molecular flexibility index (Phi) is 6.76. The summed E-state index contributed by atoms with van der Waals surface area (Å²) < 4.78 is 12.7. The molecule has 1 fully saturated rings. The van der Waals surface area contributed by atoms with Gasteiger partial charge in [-0.25, -0.2) is 0 Å². The first-order valence-corrected chi connectivity index (χ1v) is 9.49. The molecule has 0 atom stereocenters. The van der Waals surface area contributed by atoms with E-state index in [0.29, 0.717) is 0 Å². The molecule has 1 aliphatic rings. The van der Waals surface area contributed by atoms with E-state index in [2.05, 4.69) is 31.3 Å². The molecular formula is C20H30N6O2. The maximum Gasteiger partial charge on any atom is 0.194 e. The smallest absolute Gasteiger partial charge is 0.194 e. The van der Waals surface area contributed by atoms with Crippen molar-refractivity contribution in [2.45, 2.75) is 13.1 Å². The van der Waals surface area contributed by atoms with Crippen molar-refractivity contribution in [2.24, 2.45) is 12.0 Å². The number of methoxy groups -OCH3 is 2. The van der Waals surface area contributed by atoms with E-state index in [9.17, 15) is 0 Å². The summed E-state index contributed by atoms with van der Waals surface area (Å²) in [6.07, 6.45) is 3.89. The predicted molar refractivity (Wildman–Crippen MR) is 110 cm³/mol. The summed E-state index contributed by atoms with van der Waals surface area (Å²) in [5.74, 6) is 2.69. The van der Waals surface area contributed by atoms with Gasteiger partial charge in [0.15, 0.2) is 5.96 Å². The third kappa shape index (κ3) is 4.95. The standard InChI is InChI=1S/C20H30N6O2/c1-21-20(22-12-16-13-23-24(2)14-16)26-9-7-25(8-10-26)15-17-11-18(27-3)5-6-19(17)28-4/h5-6,11,13-14H,7-10,12,15H2,1-4H3,(H,21,22). The first kappa shape index (κ1) is 20.0. The number of hydrogen-bond acceptors (Lipinski definition) is 5. The van der Waals surface area contributed by atoms with Crippen LogP contribution in [0.15, 0.2) is 35.6 Å². The zero-order valence-corrected chi connectivity index (χ0v) is 17.2. The second-order valence-electron chi connectivity index (χ2n) is 6.86. The number of guanidine groups is 1. The van der Waals surface area contributed by atoms with E-state index in [1.807, 2.05) is 43.3 Å². The van der Waals surface area contributed by atoms with E-state index in [4.69, 9.17) is 9.47 Å². The number of ether oxygens (including phenoxy) is 2. The van der Waals surface area contributed by atoms with Crippen molar-refractivity contribution in [1.82, 2.24) is 24.9 Å². The Morgan fingerprint density at radius 1 is 1.18 bits per heavy atom. The van der Waals surface area contributed by atoms with Crippen LogP contribution in [0.1, 0.15) is 11.1 Å². The molecule has 152 valence electrons. The van der Waals surface area contributed by atoms with Gasteiger partial charge in [-0.2, -0.15) is 5.10 Å². The average Bonchev–Trinajstić information content (AvgIpc) is 3.14. The zero-order valence-electron chi connectivity index (χ0n) is 17.2. The molecule has 28 heavy (non-hydrogen) atoms. The molecule has 0 aliphatic carbocycles. The van der Waals surface area contributed by atoms with Crippen molar-refractivity contribution in [2.75, 3.05) is 47.4 Å². The summed E-state index contributed by atoms with van der Waals surface area (Å²) in [5, 5.41) is 7.64. The van der Waals surface area contributed by atoms with Crippen LogP contribution in [0.3, 0.4) is 0 Å². The molecule has 0 radical (unpaired) electrons. The molecule has 0 unspecified atom stereocenters. The number of nitrogens with zero attached hydrogens (tertiary/aromatic N) is 5. The lowest BCUT2D eigenvalue weighted by molar-refractivity contribution is 0.171. The van der Waals surface area contributed by atoms with Crippen molar-refractivity contribution in [1.29, 1.82) is 0 Å². The molecule has 1 aliphatic heterocycles. The normalized spacial score (nSPS) is 15.6. The quantitative estimate of drug-likeness (QED) is 0.597. The Morgan fingerprint density at radius 2 is 1.96 bits per heavy atom. The van der Waals surface area contributed by atoms with Crippen molar-refractivity contribution in [3.8, 4) is 11.5 Å². The van der Waals surface area contributed by atoms with E-state index in [-0.39, 0.29) is 0 Å². The number of aromatic nitrogens is 2. The fourth-order valence-corrected chi connectivity index (χ4v) is 3.44. The van der Waals surface area contributed by atoms with Crippen molar-refractivity contribution < 1.29 is 9.47 Å².